The summed E-state index contributed by atoms with van der Waals surface area (Å²) in [4.78, 5) is 14.5. The van der Waals surface area contributed by atoms with Crippen molar-refractivity contribution in [2.24, 2.45) is 0 Å². The van der Waals surface area contributed by atoms with E-state index >= 15 is 0 Å². The van der Waals surface area contributed by atoms with Crippen molar-refractivity contribution in [2.75, 3.05) is 18.4 Å². The largest absolute Gasteiger partial charge is 0.373 e. The van der Waals surface area contributed by atoms with Crippen molar-refractivity contribution < 1.29 is 18.3 Å². The molecule has 0 radical (unpaired) electrons. The van der Waals surface area contributed by atoms with Gasteiger partial charge in [0.15, 0.2) is 0 Å². The first kappa shape index (κ1) is 18.5. The maximum atomic E-state index is 13.6. The highest BCUT2D eigenvalue weighted by Crippen LogP contribution is 2.19. The molecular formula is C20H22F2N2O2. The lowest BCUT2D eigenvalue weighted by Gasteiger charge is -2.35. The molecule has 0 saturated carbocycles. The van der Waals surface area contributed by atoms with Crippen molar-refractivity contribution in [3.63, 3.8) is 0 Å². The Morgan fingerprint density at radius 3 is 2.23 bits per heavy atom. The molecule has 4 nitrogen and oxygen atoms in total. The summed E-state index contributed by atoms with van der Waals surface area (Å²) in [6.45, 7) is 6.59. The van der Waals surface area contributed by atoms with E-state index in [-0.39, 0.29) is 12.2 Å². The first-order valence-electron chi connectivity index (χ1n) is 8.64. The number of carbonyl (C=O) groups excluding carboxylic acids is 1. The quantitative estimate of drug-likeness (QED) is 0.901. The first-order valence-corrected chi connectivity index (χ1v) is 8.64. The van der Waals surface area contributed by atoms with Gasteiger partial charge in [-0.2, -0.15) is 0 Å². The number of ether oxygens (including phenoxy) is 1. The molecule has 2 unspecified atom stereocenters. The van der Waals surface area contributed by atoms with Crippen LogP contribution < -0.4 is 5.32 Å². The molecule has 1 aliphatic heterocycles. The molecule has 1 aliphatic rings. The van der Waals surface area contributed by atoms with E-state index in [0.717, 1.165) is 37.3 Å². The third-order valence-corrected chi connectivity index (χ3v) is 4.32. The number of nitrogens with one attached hydrogen (secondary N) is 1. The number of amides is 1. The second-order valence-electron chi connectivity index (χ2n) is 6.70. The maximum absolute atomic E-state index is 13.6. The van der Waals surface area contributed by atoms with Crippen LogP contribution in [0.3, 0.4) is 0 Å². The normalized spacial score (nSPS) is 20.8. The third kappa shape index (κ3) is 4.45. The molecule has 0 aromatic heterocycles. The number of benzene rings is 2. The summed E-state index contributed by atoms with van der Waals surface area (Å²) in [6, 6.07) is 10.5. The zero-order valence-corrected chi connectivity index (χ0v) is 14.8. The van der Waals surface area contributed by atoms with E-state index in [2.05, 4.69) is 24.1 Å². The molecule has 2 aromatic carbocycles. The highest BCUT2D eigenvalue weighted by Gasteiger charge is 2.22. The average molecular weight is 360 g/mol. The van der Waals surface area contributed by atoms with Crippen molar-refractivity contribution >= 4 is 11.6 Å². The van der Waals surface area contributed by atoms with Crippen molar-refractivity contribution in [2.45, 2.75) is 32.6 Å². The van der Waals surface area contributed by atoms with Gasteiger partial charge in [0.05, 0.1) is 12.2 Å². The topological polar surface area (TPSA) is 41.6 Å². The molecule has 26 heavy (non-hydrogen) atoms. The number of morpholine rings is 1. The lowest BCUT2D eigenvalue weighted by Crippen LogP contribution is -2.44. The Morgan fingerprint density at radius 2 is 1.65 bits per heavy atom. The zero-order chi connectivity index (χ0) is 18.7. The molecule has 3 rings (SSSR count). The first-order chi connectivity index (χ1) is 12.4. The highest BCUT2D eigenvalue weighted by molar-refractivity contribution is 6.04. The molecule has 0 aliphatic carbocycles. The molecule has 0 bridgehead atoms. The minimum absolute atomic E-state index is 0.194. The van der Waals surface area contributed by atoms with Gasteiger partial charge in [-0.15, -0.1) is 0 Å². The van der Waals surface area contributed by atoms with Crippen LogP contribution in [0, 0.1) is 11.6 Å². The lowest BCUT2D eigenvalue weighted by atomic mass is 10.1. The Bertz CT molecular complexity index is 750. The monoisotopic (exact) mass is 360 g/mol. The van der Waals surface area contributed by atoms with Crippen LogP contribution in [0.5, 0.6) is 0 Å². The second kappa shape index (κ2) is 7.93. The standard InChI is InChI=1S/C20H22F2N2O2/c1-13-10-24(11-14(2)26-13)12-15-6-8-16(9-7-15)20(25)23-19-17(21)4-3-5-18(19)22/h3-9,13-14H,10-12H2,1-2H3,(H,23,25). The third-order valence-electron chi connectivity index (χ3n) is 4.32. The highest BCUT2D eigenvalue weighted by atomic mass is 19.1. The van der Waals surface area contributed by atoms with Crippen molar-refractivity contribution in [1.29, 1.82) is 0 Å². The van der Waals surface area contributed by atoms with Gasteiger partial charge < -0.3 is 10.1 Å². The molecule has 2 atom stereocenters. The number of carbonyl (C=O) groups is 1. The molecule has 1 saturated heterocycles. The van der Waals surface area contributed by atoms with Gasteiger partial charge in [0.25, 0.3) is 5.91 Å². The predicted molar refractivity (Wildman–Crippen MR) is 96.0 cm³/mol. The Labute approximate surface area is 151 Å². The molecule has 0 spiro atoms. The van der Waals surface area contributed by atoms with Gasteiger partial charge in [-0.25, -0.2) is 8.78 Å². The van der Waals surface area contributed by atoms with Crippen molar-refractivity contribution in [1.82, 2.24) is 4.90 Å². The zero-order valence-electron chi connectivity index (χ0n) is 14.8. The van der Waals surface area contributed by atoms with Crippen molar-refractivity contribution in [3.05, 3.63) is 65.2 Å². The van der Waals surface area contributed by atoms with Gasteiger partial charge in [-0.3, -0.25) is 9.69 Å². The summed E-state index contributed by atoms with van der Waals surface area (Å²) in [5.41, 5.74) is 0.984. The van der Waals surface area contributed by atoms with Crippen LogP contribution in [-0.4, -0.2) is 36.1 Å². The SMILES string of the molecule is CC1CN(Cc2ccc(C(=O)Nc3c(F)cccc3F)cc2)CC(C)O1. The minimum atomic E-state index is -0.800. The predicted octanol–water partition coefficient (Wildman–Crippen LogP) is 3.83. The van der Waals surface area contributed by atoms with Crippen molar-refractivity contribution in [3.8, 4) is 0 Å². The maximum Gasteiger partial charge on any atom is 0.255 e. The van der Waals surface area contributed by atoms with Gasteiger partial charge >= 0.3 is 0 Å². The van der Waals surface area contributed by atoms with Crippen LogP contribution in [-0.2, 0) is 11.3 Å². The summed E-state index contributed by atoms with van der Waals surface area (Å²) >= 11 is 0. The summed E-state index contributed by atoms with van der Waals surface area (Å²) < 4.78 is 33.0. The van der Waals surface area contributed by atoms with Gasteiger partial charge in [-0.05, 0) is 43.7 Å². The molecule has 1 heterocycles. The lowest BCUT2D eigenvalue weighted by molar-refractivity contribution is -0.0704. The average Bonchev–Trinajstić information content (AvgIpc) is 2.58. The number of nitrogens with zero attached hydrogens (tertiary/aromatic N) is 1. The Hall–Kier alpha value is -2.31. The van der Waals surface area contributed by atoms with Crippen LogP contribution in [0.15, 0.2) is 42.5 Å². The Balaban J connectivity index is 1.64. The van der Waals surface area contributed by atoms with Crippen LogP contribution in [0.1, 0.15) is 29.8 Å². The van der Waals surface area contributed by atoms with Crippen LogP contribution >= 0.6 is 0 Å². The number of anilines is 1. The van der Waals surface area contributed by atoms with Crippen LogP contribution in [0.4, 0.5) is 14.5 Å². The van der Waals surface area contributed by atoms with E-state index in [9.17, 15) is 13.6 Å². The Kier molecular flexibility index (Phi) is 5.64. The smallest absolute Gasteiger partial charge is 0.255 e. The van der Waals surface area contributed by atoms with E-state index in [1.54, 1.807) is 12.1 Å². The summed E-state index contributed by atoms with van der Waals surface area (Å²) in [5.74, 6) is -2.15. The fourth-order valence-electron chi connectivity index (χ4n) is 3.24. The number of hydrogen-bond acceptors (Lipinski definition) is 3. The van der Waals surface area contributed by atoms with Gasteiger partial charge in [-0.1, -0.05) is 18.2 Å². The number of halogens is 2. The molecule has 1 amide bonds. The van der Waals surface area contributed by atoms with E-state index in [1.807, 2.05) is 12.1 Å². The fraction of sp³-hybridized carbons (Fsp3) is 0.350. The summed E-state index contributed by atoms with van der Waals surface area (Å²) in [5, 5.41) is 2.29. The van der Waals surface area contributed by atoms with Crippen LogP contribution in [0.25, 0.3) is 0 Å². The van der Waals surface area contributed by atoms with E-state index in [0.29, 0.717) is 5.56 Å². The van der Waals surface area contributed by atoms with Gasteiger partial charge in [0.2, 0.25) is 0 Å². The number of para-hydroxylation sites is 1. The van der Waals surface area contributed by atoms with Gasteiger partial charge in [0, 0.05) is 25.2 Å². The Morgan fingerprint density at radius 1 is 1.08 bits per heavy atom. The molecule has 2 aromatic rings. The molecule has 138 valence electrons. The van der Waals surface area contributed by atoms with E-state index < -0.39 is 23.2 Å². The van der Waals surface area contributed by atoms with Crippen LogP contribution in [0.2, 0.25) is 0 Å². The second-order valence-corrected chi connectivity index (χ2v) is 6.70. The van der Waals surface area contributed by atoms with E-state index in [1.165, 1.54) is 6.07 Å². The number of rotatable bonds is 4. The minimum Gasteiger partial charge on any atom is -0.373 e. The molecular weight excluding hydrogens is 338 g/mol. The molecule has 1 N–H and O–H groups in total. The molecule has 6 heteroatoms. The fourth-order valence-corrected chi connectivity index (χ4v) is 3.24. The molecule has 1 fully saturated rings. The number of hydrogen-bond donors (Lipinski definition) is 1. The van der Waals surface area contributed by atoms with E-state index in [4.69, 9.17) is 4.74 Å². The summed E-state index contributed by atoms with van der Waals surface area (Å²) in [7, 11) is 0. The summed E-state index contributed by atoms with van der Waals surface area (Å²) in [6.07, 6.45) is 0.388. The van der Waals surface area contributed by atoms with Gasteiger partial charge in [0.1, 0.15) is 17.3 Å².